The molecule has 0 aliphatic rings. The van der Waals surface area contributed by atoms with Gasteiger partial charge in [-0.05, 0) is 25.0 Å². The van der Waals surface area contributed by atoms with Gasteiger partial charge in [0, 0.05) is 5.69 Å². The fourth-order valence-electron chi connectivity index (χ4n) is 1.41. The topological polar surface area (TPSA) is 53.1 Å². The van der Waals surface area contributed by atoms with Crippen molar-refractivity contribution in [3.63, 3.8) is 0 Å². The number of aromatic amines is 1. The molecule has 0 aliphatic heterocycles. The van der Waals surface area contributed by atoms with Crippen molar-refractivity contribution < 1.29 is 9.90 Å². The molecule has 0 bridgehead atoms. The van der Waals surface area contributed by atoms with E-state index in [-0.39, 0.29) is 5.69 Å². The molecule has 0 saturated heterocycles. The van der Waals surface area contributed by atoms with Gasteiger partial charge in [0.15, 0.2) is 0 Å². The summed E-state index contributed by atoms with van der Waals surface area (Å²) in [6.07, 6.45) is 5.72. The molecule has 0 radical (unpaired) electrons. The number of aromatic carboxylic acids is 1. The number of H-pyrrole nitrogens is 1. The lowest BCUT2D eigenvalue weighted by atomic mass is 10.1. The van der Waals surface area contributed by atoms with Crippen LogP contribution in [0.4, 0.5) is 0 Å². The molecule has 14 heavy (non-hydrogen) atoms. The summed E-state index contributed by atoms with van der Waals surface area (Å²) in [5.41, 5.74) is 2.25. The monoisotopic (exact) mass is 193 g/mol. The molecule has 0 amide bonds. The summed E-state index contributed by atoms with van der Waals surface area (Å²) in [5.74, 6) is -0.905. The first-order valence-electron chi connectivity index (χ1n) is 4.77. The number of carbonyl (C=O) groups is 1. The number of rotatable bonds is 4. The van der Waals surface area contributed by atoms with Crippen LogP contribution in [-0.2, 0) is 6.42 Å². The van der Waals surface area contributed by atoms with Gasteiger partial charge in [0.2, 0.25) is 0 Å². The average Bonchev–Trinajstić information content (AvgIpc) is 2.50. The summed E-state index contributed by atoms with van der Waals surface area (Å²) in [6.45, 7) is 3.99. The van der Waals surface area contributed by atoms with Gasteiger partial charge in [0.1, 0.15) is 5.69 Å². The lowest BCUT2D eigenvalue weighted by Crippen LogP contribution is -1.96. The summed E-state index contributed by atoms with van der Waals surface area (Å²) in [7, 11) is 0. The average molecular weight is 193 g/mol. The zero-order valence-electron chi connectivity index (χ0n) is 8.50. The van der Waals surface area contributed by atoms with E-state index >= 15 is 0 Å². The largest absolute Gasteiger partial charge is 0.477 e. The molecule has 3 heteroatoms. The highest BCUT2D eigenvalue weighted by Gasteiger charge is 2.09. The van der Waals surface area contributed by atoms with Gasteiger partial charge in [0.05, 0.1) is 0 Å². The fraction of sp³-hybridized carbons (Fsp3) is 0.364. The van der Waals surface area contributed by atoms with Crippen LogP contribution in [-0.4, -0.2) is 16.1 Å². The third-order valence-electron chi connectivity index (χ3n) is 2.01. The number of aryl methyl sites for hydroxylation is 1. The number of aromatic nitrogens is 1. The van der Waals surface area contributed by atoms with Crippen LogP contribution >= 0.6 is 0 Å². The number of carboxylic acid groups (broad SMARTS) is 1. The summed E-state index contributed by atoms with van der Waals surface area (Å²) in [4.78, 5) is 13.6. The van der Waals surface area contributed by atoms with Gasteiger partial charge in [-0.2, -0.15) is 0 Å². The molecule has 0 aromatic carbocycles. The van der Waals surface area contributed by atoms with E-state index < -0.39 is 5.97 Å². The molecule has 1 heterocycles. The van der Waals surface area contributed by atoms with Crippen LogP contribution in [0.3, 0.4) is 0 Å². The van der Waals surface area contributed by atoms with E-state index in [1.165, 1.54) is 0 Å². The maximum atomic E-state index is 10.7. The SMILES string of the molecule is C/C=C\c1cc(C(=O)O)[nH]c1CCC. The molecule has 0 unspecified atom stereocenters. The van der Waals surface area contributed by atoms with Gasteiger partial charge < -0.3 is 10.1 Å². The maximum absolute atomic E-state index is 10.7. The van der Waals surface area contributed by atoms with E-state index in [4.69, 9.17) is 5.11 Å². The highest BCUT2D eigenvalue weighted by molar-refractivity contribution is 5.86. The first-order chi connectivity index (χ1) is 6.69. The second kappa shape index (κ2) is 4.65. The summed E-state index contributed by atoms with van der Waals surface area (Å²) >= 11 is 0. The zero-order valence-corrected chi connectivity index (χ0v) is 8.50. The summed E-state index contributed by atoms with van der Waals surface area (Å²) < 4.78 is 0. The van der Waals surface area contributed by atoms with Crippen LogP contribution in [0.25, 0.3) is 6.08 Å². The number of hydrogen-bond donors (Lipinski definition) is 2. The molecule has 3 nitrogen and oxygen atoms in total. The minimum Gasteiger partial charge on any atom is -0.477 e. The number of hydrogen-bond acceptors (Lipinski definition) is 1. The van der Waals surface area contributed by atoms with Crippen molar-refractivity contribution in [3.05, 3.63) is 29.1 Å². The molecule has 1 aromatic heterocycles. The van der Waals surface area contributed by atoms with Crippen molar-refractivity contribution >= 4 is 12.0 Å². The van der Waals surface area contributed by atoms with Gasteiger partial charge in [-0.25, -0.2) is 4.79 Å². The van der Waals surface area contributed by atoms with E-state index in [1.807, 2.05) is 19.1 Å². The van der Waals surface area contributed by atoms with Crippen LogP contribution in [0.2, 0.25) is 0 Å². The maximum Gasteiger partial charge on any atom is 0.352 e. The predicted molar refractivity (Wildman–Crippen MR) is 56.5 cm³/mol. The first-order valence-corrected chi connectivity index (χ1v) is 4.77. The van der Waals surface area contributed by atoms with Crippen LogP contribution in [0.5, 0.6) is 0 Å². The molecule has 0 spiro atoms. The molecule has 0 atom stereocenters. The van der Waals surface area contributed by atoms with Crippen LogP contribution in [0.1, 0.15) is 42.0 Å². The predicted octanol–water partition coefficient (Wildman–Crippen LogP) is 2.70. The van der Waals surface area contributed by atoms with E-state index in [0.717, 1.165) is 24.1 Å². The minimum atomic E-state index is -0.905. The summed E-state index contributed by atoms with van der Waals surface area (Å²) in [5, 5.41) is 8.80. The van der Waals surface area contributed by atoms with Crippen molar-refractivity contribution in [1.82, 2.24) is 4.98 Å². The molecular formula is C11H15NO2. The third kappa shape index (κ3) is 2.25. The second-order valence-corrected chi connectivity index (χ2v) is 3.17. The molecule has 1 rings (SSSR count). The molecule has 0 aliphatic carbocycles. The molecule has 2 N–H and O–H groups in total. The minimum absolute atomic E-state index is 0.265. The van der Waals surface area contributed by atoms with Gasteiger partial charge in [-0.15, -0.1) is 0 Å². The Bertz CT molecular complexity index is 350. The lowest BCUT2D eigenvalue weighted by molar-refractivity contribution is 0.0691. The molecule has 0 fully saturated rings. The van der Waals surface area contributed by atoms with Gasteiger partial charge in [0.25, 0.3) is 0 Å². The lowest BCUT2D eigenvalue weighted by Gasteiger charge is -1.95. The quantitative estimate of drug-likeness (QED) is 0.772. The van der Waals surface area contributed by atoms with Gasteiger partial charge >= 0.3 is 5.97 Å². The van der Waals surface area contributed by atoms with Gasteiger partial charge in [-0.3, -0.25) is 0 Å². The van der Waals surface area contributed by atoms with Crippen LogP contribution in [0, 0.1) is 0 Å². The number of nitrogens with one attached hydrogen (secondary N) is 1. The number of carboxylic acids is 1. The molecule has 76 valence electrons. The smallest absolute Gasteiger partial charge is 0.352 e. The highest BCUT2D eigenvalue weighted by atomic mass is 16.4. The Morgan fingerprint density at radius 1 is 1.64 bits per heavy atom. The van der Waals surface area contributed by atoms with E-state index in [0.29, 0.717) is 0 Å². The Morgan fingerprint density at radius 2 is 2.36 bits per heavy atom. The Hall–Kier alpha value is -1.51. The van der Waals surface area contributed by atoms with Crippen molar-refractivity contribution in [3.8, 4) is 0 Å². The first kappa shape index (κ1) is 10.6. The number of allylic oxidation sites excluding steroid dienone is 1. The van der Waals surface area contributed by atoms with E-state index in [1.54, 1.807) is 6.07 Å². The molecular weight excluding hydrogens is 178 g/mol. The van der Waals surface area contributed by atoms with E-state index in [9.17, 15) is 4.79 Å². The Balaban J connectivity index is 3.05. The zero-order chi connectivity index (χ0) is 10.6. The Morgan fingerprint density at radius 3 is 2.86 bits per heavy atom. The van der Waals surface area contributed by atoms with Crippen molar-refractivity contribution in [2.75, 3.05) is 0 Å². The van der Waals surface area contributed by atoms with E-state index in [2.05, 4.69) is 11.9 Å². The normalized spacial score (nSPS) is 11.0. The Labute approximate surface area is 83.5 Å². The van der Waals surface area contributed by atoms with Crippen LogP contribution in [0.15, 0.2) is 12.1 Å². The summed E-state index contributed by atoms with van der Waals surface area (Å²) in [6, 6.07) is 1.67. The second-order valence-electron chi connectivity index (χ2n) is 3.17. The highest BCUT2D eigenvalue weighted by Crippen LogP contribution is 2.14. The Kier molecular flexibility index (Phi) is 3.51. The van der Waals surface area contributed by atoms with Crippen molar-refractivity contribution in [2.45, 2.75) is 26.7 Å². The van der Waals surface area contributed by atoms with Crippen molar-refractivity contribution in [1.29, 1.82) is 0 Å². The third-order valence-corrected chi connectivity index (χ3v) is 2.01. The van der Waals surface area contributed by atoms with Crippen molar-refractivity contribution in [2.24, 2.45) is 0 Å². The standard InChI is InChI=1S/C11H15NO2/c1-3-5-8-7-10(11(13)14)12-9(8)6-4-2/h3,5,7,12H,4,6H2,1-2H3,(H,13,14)/b5-3-. The van der Waals surface area contributed by atoms with Crippen LogP contribution < -0.4 is 0 Å². The molecule has 1 aromatic rings. The van der Waals surface area contributed by atoms with Gasteiger partial charge in [-0.1, -0.05) is 25.5 Å². The molecule has 0 saturated carbocycles. The fourth-order valence-corrected chi connectivity index (χ4v) is 1.41.